The van der Waals surface area contributed by atoms with Crippen molar-refractivity contribution in [1.29, 1.82) is 0 Å². The van der Waals surface area contributed by atoms with E-state index in [0.717, 1.165) is 0 Å². The monoisotopic (exact) mass is 218 g/mol. The van der Waals surface area contributed by atoms with E-state index >= 15 is 0 Å². The highest BCUT2D eigenvalue weighted by atomic mass is 16.7. The second-order valence-corrected chi connectivity index (χ2v) is 3.58. The van der Waals surface area contributed by atoms with E-state index in [2.05, 4.69) is 4.74 Å². The van der Waals surface area contributed by atoms with Crippen molar-refractivity contribution in [1.82, 2.24) is 0 Å². The standard InChI is InChI=1S/C9H14O6/c1-12-7(11)2-8-14-4-6-9(15-8)5(10)3-13-6/h5-6,8-10H,2-4H2,1H3/t5-,6+,8+,9+/m0/s1. The highest BCUT2D eigenvalue weighted by Crippen LogP contribution is 2.25. The summed E-state index contributed by atoms with van der Waals surface area (Å²) >= 11 is 0. The highest BCUT2D eigenvalue weighted by molar-refractivity contribution is 5.69. The van der Waals surface area contributed by atoms with Crippen LogP contribution in [-0.2, 0) is 23.7 Å². The van der Waals surface area contributed by atoms with E-state index in [1.807, 2.05) is 0 Å². The van der Waals surface area contributed by atoms with Crippen LogP contribution in [0.1, 0.15) is 6.42 Å². The molecule has 2 heterocycles. The maximum atomic E-state index is 11.0. The molecule has 2 rings (SSSR count). The Bertz CT molecular complexity index is 243. The molecule has 1 N–H and O–H groups in total. The number of methoxy groups -OCH3 is 1. The Balaban J connectivity index is 1.88. The van der Waals surface area contributed by atoms with E-state index < -0.39 is 24.5 Å². The number of hydrogen-bond acceptors (Lipinski definition) is 6. The van der Waals surface area contributed by atoms with Crippen molar-refractivity contribution < 1.29 is 28.8 Å². The normalized spacial score (nSPS) is 39.9. The molecule has 0 amide bonds. The first-order valence-corrected chi connectivity index (χ1v) is 4.84. The van der Waals surface area contributed by atoms with E-state index in [9.17, 15) is 9.90 Å². The molecule has 4 atom stereocenters. The van der Waals surface area contributed by atoms with Crippen molar-refractivity contribution in [2.45, 2.75) is 31.0 Å². The first-order chi connectivity index (χ1) is 7.20. The average Bonchev–Trinajstić information content (AvgIpc) is 2.60. The van der Waals surface area contributed by atoms with Gasteiger partial charge < -0.3 is 24.1 Å². The van der Waals surface area contributed by atoms with Crippen molar-refractivity contribution in [2.75, 3.05) is 20.3 Å². The molecule has 6 heteroatoms. The average molecular weight is 218 g/mol. The minimum atomic E-state index is -0.643. The Labute approximate surface area is 87.1 Å². The van der Waals surface area contributed by atoms with Crippen LogP contribution in [0.4, 0.5) is 0 Å². The summed E-state index contributed by atoms with van der Waals surface area (Å²) < 4.78 is 20.4. The molecule has 0 aromatic carbocycles. The van der Waals surface area contributed by atoms with Gasteiger partial charge in [0, 0.05) is 0 Å². The number of carbonyl (C=O) groups excluding carboxylic acids is 1. The molecule has 0 spiro atoms. The van der Waals surface area contributed by atoms with Gasteiger partial charge in [-0.05, 0) is 0 Å². The SMILES string of the molecule is COC(=O)C[C@@H]1OC[C@H]2OC[C@H](O)[C@H]2O1. The smallest absolute Gasteiger partial charge is 0.310 e. The summed E-state index contributed by atoms with van der Waals surface area (Å²) in [6.45, 7) is 0.590. The zero-order chi connectivity index (χ0) is 10.8. The van der Waals surface area contributed by atoms with Gasteiger partial charge in [0.15, 0.2) is 6.29 Å². The topological polar surface area (TPSA) is 74.2 Å². The third-order valence-corrected chi connectivity index (χ3v) is 2.54. The fourth-order valence-electron chi connectivity index (χ4n) is 1.72. The Morgan fingerprint density at radius 3 is 3.00 bits per heavy atom. The number of fused-ring (bicyclic) bond motifs is 1. The van der Waals surface area contributed by atoms with Crippen molar-refractivity contribution in [3.05, 3.63) is 0 Å². The molecule has 0 radical (unpaired) electrons. The first-order valence-electron chi connectivity index (χ1n) is 4.84. The van der Waals surface area contributed by atoms with Crippen molar-refractivity contribution in [3.8, 4) is 0 Å². The maximum absolute atomic E-state index is 11.0. The Hall–Kier alpha value is -0.690. The van der Waals surface area contributed by atoms with E-state index in [1.165, 1.54) is 7.11 Å². The van der Waals surface area contributed by atoms with Gasteiger partial charge in [0.1, 0.15) is 18.3 Å². The lowest BCUT2D eigenvalue weighted by atomic mass is 10.1. The number of aliphatic hydroxyl groups excluding tert-OH is 1. The molecule has 15 heavy (non-hydrogen) atoms. The van der Waals surface area contributed by atoms with Gasteiger partial charge in [-0.1, -0.05) is 0 Å². The molecular formula is C9H14O6. The van der Waals surface area contributed by atoms with Crippen LogP contribution in [0.25, 0.3) is 0 Å². The van der Waals surface area contributed by atoms with Gasteiger partial charge in [-0.25, -0.2) is 0 Å². The number of ether oxygens (including phenoxy) is 4. The maximum Gasteiger partial charge on any atom is 0.310 e. The zero-order valence-corrected chi connectivity index (χ0v) is 8.42. The predicted octanol–water partition coefficient (Wildman–Crippen LogP) is -0.949. The van der Waals surface area contributed by atoms with Crippen molar-refractivity contribution in [3.63, 3.8) is 0 Å². The van der Waals surface area contributed by atoms with Gasteiger partial charge in [-0.2, -0.15) is 0 Å². The minimum Gasteiger partial charge on any atom is -0.469 e. The number of hydrogen-bond donors (Lipinski definition) is 1. The van der Waals surface area contributed by atoms with E-state index in [-0.39, 0.29) is 19.1 Å². The Kier molecular flexibility index (Phi) is 3.20. The molecule has 2 saturated heterocycles. The molecule has 6 nitrogen and oxygen atoms in total. The molecule has 0 aromatic heterocycles. The summed E-state index contributed by atoms with van der Waals surface area (Å²) in [5, 5.41) is 9.51. The van der Waals surface area contributed by atoms with Crippen molar-refractivity contribution in [2.24, 2.45) is 0 Å². The molecule has 0 unspecified atom stereocenters. The Morgan fingerprint density at radius 2 is 2.27 bits per heavy atom. The van der Waals surface area contributed by atoms with E-state index in [1.54, 1.807) is 0 Å². The zero-order valence-electron chi connectivity index (χ0n) is 8.42. The van der Waals surface area contributed by atoms with Gasteiger partial charge in [0.25, 0.3) is 0 Å². The molecule has 0 bridgehead atoms. The van der Waals surface area contributed by atoms with Crippen molar-refractivity contribution >= 4 is 5.97 Å². The first kappa shape index (κ1) is 10.8. The molecule has 2 aliphatic heterocycles. The fourth-order valence-corrected chi connectivity index (χ4v) is 1.72. The second kappa shape index (κ2) is 4.44. The van der Waals surface area contributed by atoms with Gasteiger partial charge in [0.05, 0.1) is 26.7 Å². The largest absolute Gasteiger partial charge is 0.469 e. The highest BCUT2D eigenvalue weighted by Gasteiger charge is 2.43. The summed E-state index contributed by atoms with van der Waals surface area (Å²) in [6.07, 6.45) is -1.87. The van der Waals surface area contributed by atoms with E-state index in [4.69, 9.17) is 14.2 Å². The van der Waals surface area contributed by atoms with Crippen LogP contribution in [0, 0.1) is 0 Å². The quantitative estimate of drug-likeness (QED) is 0.602. The third kappa shape index (κ3) is 2.28. The van der Waals surface area contributed by atoms with Crippen LogP contribution in [0.15, 0.2) is 0 Å². The summed E-state index contributed by atoms with van der Waals surface area (Å²) in [7, 11) is 1.31. The predicted molar refractivity (Wildman–Crippen MR) is 47.0 cm³/mol. The summed E-state index contributed by atoms with van der Waals surface area (Å²) in [5.41, 5.74) is 0. The number of rotatable bonds is 2. The lowest BCUT2D eigenvalue weighted by Crippen LogP contribution is -2.46. The van der Waals surface area contributed by atoms with Gasteiger partial charge in [-0.3, -0.25) is 4.79 Å². The van der Waals surface area contributed by atoms with Gasteiger partial charge in [0.2, 0.25) is 0 Å². The summed E-state index contributed by atoms with van der Waals surface area (Å²) in [4.78, 5) is 11.0. The lowest BCUT2D eigenvalue weighted by Gasteiger charge is -2.31. The second-order valence-electron chi connectivity index (χ2n) is 3.58. The minimum absolute atomic E-state index is 0.0342. The number of aliphatic hydroxyl groups is 1. The van der Waals surface area contributed by atoms with Gasteiger partial charge in [-0.15, -0.1) is 0 Å². The van der Waals surface area contributed by atoms with Crippen LogP contribution >= 0.6 is 0 Å². The molecule has 2 fully saturated rings. The van der Waals surface area contributed by atoms with Crippen LogP contribution in [0.5, 0.6) is 0 Å². The Morgan fingerprint density at radius 1 is 1.47 bits per heavy atom. The van der Waals surface area contributed by atoms with Crippen LogP contribution < -0.4 is 0 Å². The molecule has 2 aliphatic rings. The van der Waals surface area contributed by atoms with Gasteiger partial charge >= 0.3 is 5.97 Å². The van der Waals surface area contributed by atoms with Crippen LogP contribution in [-0.4, -0.2) is 56.0 Å². The lowest BCUT2D eigenvalue weighted by molar-refractivity contribution is -0.249. The number of esters is 1. The number of carbonyl (C=O) groups is 1. The third-order valence-electron chi connectivity index (χ3n) is 2.54. The van der Waals surface area contributed by atoms with Crippen LogP contribution in [0.3, 0.4) is 0 Å². The molecule has 86 valence electrons. The summed E-state index contributed by atoms with van der Waals surface area (Å²) in [6, 6.07) is 0. The van der Waals surface area contributed by atoms with E-state index in [0.29, 0.717) is 6.61 Å². The molecule has 0 aromatic rings. The molecular weight excluding hydrogens is 204 g/mol. The molecule has 0 saturated carbocycles. The molecule has 0 aliphatic carbocycles. The fraction of sp³-hybridized carbons (Fsp3) is 0.889. The summed E-state index contributed by atoms with van der Waals surface area (Å²) in [5.74, 6) is -0.396. The van der Waals surface area contributed by atoms with Crippen LogP contribution in [0.2, 0.25) is 0 Å².